The second kappa shape index (κ2) is 6.66. The van der Waals surface area contributed by atoms with Crippen LogP contribution in [0.4, 0.5) is 5.69 Å². The average Bonchev–Trinajstić information content (AvgIpc) is 3.14. The number of benzene rings is 2. The van der Waals surface area contributed by atoms with E-state index in [1.54, 1.807) is 6.21 Å². The topological polar surface area (TPSA) is 78.8 Å². The minimum Gasteiger partial charge on any atom is -0.342 e. The van der Waals surface area contributed by atoms with E-state index >= 15 is 0 Å². The van der Waals surface area contributed by atoms with E-state index in [1.165, 1.54) is 4.68 Å². The molecule has 0 saturated carbocycles. The Kier molecular flexibility index (Phi) is 4.31. The van der Waals surface area contributed by atoms with Crippen molar-refractivity contribution in [2.75, 3.05) is 0 Å². The molecule has 4 rings (SSSR count). The van der Waals surface area contributed by atoms with E-state index in [0.717, 1.165) is 44.0 Å². The molecule has 7 heteroatoms. The number of rotatable bonds is 3. The zero-order valence-corrected chi connectivity index (χ0v) is 16.8. The summed E-state index contributed by atoms with van der Waals surface area (Å²) in [7, 11) is 0. The van der Waals surface area contributed by atoms with Gasteiger partial charge in [0.05, 0.1) is 28.0 Å². The molecule has 0 saturated heterocycles. The molecule has 0 atom stereocenters. The van der Waals surface area contributed by atoms with Gasteiger partial charge in [-0.25, -0.2) is 9.67 Å². The summed E-state index contributed by atoms with van der Waals surface area (Å²) in [5.41, 5.74) is 5.61. The van der Waals surface area contributed by atoms with E-state index in [2.05, 4.69) is 36.0 Å². The zero-order chi connectivity index (χ0) is 19.1. The summed E-state index contributed by atoms with van der Waals surface area (Å²) in [6, 6.07) is 11.5. The van der Waals surface area contributed by atoms with E-state index in [4.69, 9.17) is 0 Å². The minimum atomic E-state index is -0.128. The fourth-order valence-corrected chi connectivity index (χ4v) is 3.25. The summed E-state index contributed by atoms with van der Waals surface area (Å²) in [5.74, 6) is 0.861. The van der Waals surface area contributed by atoms with Crippen molar-refractivity contribution in [1.82, 2.24) is 19.7 Å². The highest BCUT2D eigenvalue weighted by molar-refractivity contribution is 9.10. The summed E-state index contributed by atoms with van der Waals surface area (Å²) in [4.78, 5) is 24.9. The lowest BCUT2D eigenvalue weighted by Gasteiger charge is -2.04. The largest absolute Gasteiger partial charge is 0.342 e. The van der Waals surface area contributed by atoms with Crippen LogP contribution in [0.2, 0.25) is 0 Å². The van der Waals surface area contributed by atoms with Crippen LogP contribution < -0.4 is 5.56 Å². The van der Waals surface area contributed by atoms with Gasteiger partial charge in [-0.1, -0.05) is 15.9 Å². The van der Waals surface area contributed by atoms with Crippen LogP contribution in [-0.4, -0.2) is 26.0 Å². The lowest BCUT2D eigenvalue weighted by atomic mass is 10.2. The van der Waals surface area contributed by atoms with Crippen molar-refractivity contribution in [3.63, 3.8) is 0 Å². The molecule has 0 unspecified atom stereocenters. The molecule has 0 aliphatic rings. The van der Waals surface area contributed by atoms with Gasteiger partial charge in [0.2, 0.25) is 0 Å². The second-order valence-corrected chi connectivity index (χ2v) is 7.36. The van der Waals surface area contributed by atoms with E-state index < -0.39 is 0 Å². The second-order valence-electron chi connectivity index (χ2n) is 6.51. The third-order valence-corrected chi connectivity index (χ3v) is 5.33. The number of aromatic nitrogens is 4. The number of aryl methyl sites for hydroxylation is 3. The van der Waals surface area contributed by atoms with Gasteiger partial charge in [0.15, 0.2) is 0 Å². The first kappa shape index (κ1) is 17.5. The summed E-state index contributed by atoms with van der Waals surface area (Å²) in [6.07, 6.45) is 1.61. The monoisotopic (exact) mass is 423 g/mol. The Morgan fingerprint density at radius 3 is 2.74 bits per heavy atom. The highest BCUT2D eigenvalue weighted by Gasteiger charge is 2.11. The molecule has 2 aromatic carbocycles. The summed E-state index contributed by atoms with van der Waals surface area (Å²) in [6.45, 7) is 5.77. The van der Waals surface area contributed by atoms with Crippen LogP contribution in [0.5, 0.6) is 0 Å². The number of imidazole rings is 1. The van der Waals surface area contributed by atoms with Crippen LogP contribution in [0.15, 0.2) is 50.7 Å². The average molecular weight is 424 g/mol. The SMILES string of the molecule is Cc1nc2ccc(N=Cc3c(C)[nH]n(-c4ccc(Br)c(C)c4)c3=O)cc2[nH]1. The standard InChI is InChI=1S/C20H18BrN5O/c1-11-8-15(5-6-17(11)21)26-20(27)16(12(2)25-26)10-22-14-4-7-18-19(9-14)24-13(3)23-18/h4-10,25H,1-3H3,(H,23,24). The van der Waals surface area contributed by atoms with Gasteiger partial charge in [-0.2, -0.15) is 0 Å². The van der Waals surface area contributed by atoms with Gasteiger partial charge in [0, 0.05) is 16.4 Å². The molecular formula is C20H18BrN5O. The number of hydrogen-bond acceptors (Lipinski definition) is 3. The maximum atomic E-state index is 12.8. The van der Waals surface area contributed by atoms with Gasteiger partial charge in [-0.3, -0.25) is 14.9 Å². The fourth-order valence-electron chi connectivity index (χ4n) is 3.01. The molecule has 4 aromatic rings. The molecule has 27 heavy (non-hydrogen) atoms. The molecule has 2 aromatic heterocycles. The number of hydrogen-bond donors (Lipinski definition) is 2. The van der Waals surface area contributed by atoms with Crippen molar-refractivity contribution in [2.24, 2.45) is 4.99 Å². The van der Waals surface area contributed by atoms with Gasteiger partial charge in [0.1, 0.15) is 5.82 Å². The Balaban J connectivity index is 1.71. The molecule has 0 amide bonds. The summed E-state index contributed by atoms with van der Waals surface area (Å²) in [5, 5.41) is 3.13. The first-order chi connectivity index (χ1) is 12.9. The fraction of sp³-hybridized carbons (Fsp3) is 0.150. The summed E-state index contributed by atoms with van der Waals surface area (Å²) < 4.78 is 2.55. The Bertz CT molecular complexity index is 1250. The number of aromatic amines is 2. The van der Waals surface area contributed by atoms with Gasteiger partial charge in [-0.05, 0) is 62.7 Å². The van der Waals surface area contributed by atoms with Gasteiger partial charge in [0.25, 0.3) is 5.56 Å². The molecule has 6 nitrogen and oxygen atoms in total. The number of halogens is 1. The Hall–Kier alpha value is -2.93. The molecule has 0 bridgehead atoms. The molecule has 0 fully saturated rings. The number of nitrogens with zero attached hydrogens (tertiary/aromatic N) is 3. The maximum Gasteiger partial charge on any atom is 0.280 e. The van der Waals surface area contributed by atoms with Crippen molar-refractivity contribution < 1.29 is 0 Å². The Morgan fingerprint density at radius 2 is 1.96 bits per heavy atom. The van der Waals surface area contributed by atoms with Crippen LogP contribution in [0.1, 0.15) is 22.6 Å². The highest BCUT2D eigenvalue weighted by Crippen LogP contribution is 2.20. The van der Waals surface area contributed by atoms with Crippen LogP contribution in [0.3, 0.4) is 0 Å². The quantitative estimate of drug-likeness (QED) is 0.476. The molecule has 2 heterocycles. The van der Waals surface area contributed by atoms with Crippen molar-refractivity contribution >= 4 is 38.9 Å². The third-order valence-electron chi connectivity index (χ3n) is 4.44. The first-order valence-electron chi connectivity index (χ1n) is 8.51. The van der Waals surface area contributed by atoms with Gasteiger partial charge >= 0.3 is 0 Å². The molecular weight excluding hydrogens is 406 g/mol. The van der Waals surface area contributed by atoms with E-state index in [-0.39, 0.29) is 5.56 Å². The number of H-pyrrole nitrogens is 2. The molecule has 0 aliphatic heterocycles. The molecule has 136 valence electrons. The van der Waals surface area contributed by atoms with Crippen LogP contribution in [0, 0.1) is 20.8 Å². The third kappa shape index (κ3) is 3.26. The van der Waals surface area contributed by atoms with E-state index in [1.807, 2.05) is 57.2 Å². The van der Waals surface area contributed by atoms with Crippen molar-refractivity contribution in [1.29, 1.82) is 0 Å². The smallest absolute Gasteiger partial charge is 0.280 e. The Morgan fingerprint density at radius 1 is 1.15 bits per heavy atom. The van der Waals surface area contributed by atoms with Crippen LogP contribution in [-0.2, 0) is 0 Å². The lowest BCUT2D eigenvalue weighted by Crippen LogP contribution is -2.17. The van der Waals surface area contributed by atoms with Crippen LogP contribution in [0.25, 0.3) is 16.7 Å². The molecule has 2 N–H and O–H groups in total. The van der Waals surface area contributed by atoms with Crippen molar-refractivity contribution in [2.45, 2.75) is 20.8 Å². The van der Waals surface area contributed by atoms with E-state index in [9.17, 15) is 4.79 Å². The number of aliphatic imine (C=N–C) groups is 1. The predicted octanol–water partition coefficient (Wildman–Crippen LogP) is 4.48. The highest BCUT2D eigenvalue weighted by atomic mass is 79.9. The molecule has 0 aliphatic carbocycles. The lowest BCUT2D eigenvalue weighted by molar-refractivity contribution is 0.834. The number of nitrogens with one attached hydrogen (secondary N) is 2. The molecule has 0 spiro atoms. The predicted molar refractivity (Wildman–Crippen MR) is 112 cm³/mol. The van der Waals surface area contributed by atoms with Crippen molar-refractivity contribution in [3.05, 3.63) is 73.9 Å². The van der Waals surface area contributed by atoms with E-state index in [0.29, 0.717) is 5.56 Å². The Labute approximate surface area is 164 Å². The van der Waals surface area contributed by atoms with Crippen LogP contribution >= 0.6 is 15.9 Å². The maximum absolute atomic E-state index is 12.8. The van der Waals surface area contributed by atoms with Gasteiger partial charge in [-0.15, -0.1) is 0 Å². The number of fused-ring (bicyclic) bond motifs is 1. The minimum absolute atomic E-state index is 0.128. The first-order valence-corrected chi connectivity index (χ1v) is 9.30. The summed E-state index contributed by atoms with van der Waals surface area (Å²) >= 11 is 3.48. The van der Waals surface area contributed by atoms with Crippen molar-refractivity contribution in [3.8, 4) is 5.69 Å². The zero-order valence-electron chi connectivity index (χ0n) is 15.2. The van der Waals surface area contributed by atoms with Gasteiger partial charge < -0.3 is 4.98 Å². The molecule has 0 radical (unpaired) electrons. The normalized spacial score (nSPS) is 11.7.